The van der Waals surface area contributed by atoms with Crippen molar-refractivity contribution in [1.29, 1.82) is 0 Å². The number of rotatable bonds is 4. The molecule has 10 heteroatoms. The molecule has 1 aromatic carbocycles. The van der Waals surface area contributed by atoms with Crippen molar-refractivity contribution in [2.24, 2.45) is 4.99 Å². The second kappa shape index (κ2) is 8.42. The van der Waals surface area contributed by atoms with E-state index < -0.39 is 42.2 Å². The van der Waals surface area contributed by atoms with Gasteiger partial charge in [-0.15, -0.1) is 0 Å². The van der Waals surface area contributed by atoms with Crippen molar-refractivity contribution in [2.75, 3.05) is 11.9 Å². The fourth-order valence-electron chi connectivity index (χ4n) is 5.04. The lowest BCUT2D eigenvalue weighted by atomic mass is 9.98. The first-order valence-corrected chi connectivity index (χ1v) is 11.0. The van der Waals surface area contributed by atoms with Gasteiger partial charge in [-0.05, 0) is 36.6 Å². The van der Waals surface area contributed by atoms with Gasteiger partial charge in [0.2, 0.25) is 0 Å². The van der Waals surface area contributed by atoms with E-state index in [0.29, 0.717) is 29.1 Å². The number of anilines is 1. The van der Waals surface area contributed by atoms with Crippen LogP contribution in [0.5, 0.6) is 0 Å². The first kappa shape index (κ1) is 21.8. The third-order valence-electron chi connectivity index (χ3n) is 6.69. The Morgan fingerprint density at radius 1 is 1.21 bits per heavy atom. The van der Waals surface area contributed by atoms with Gasteiger partial charge in [-0.3, -0.25) is 9.79 Å². The number of aliphatic hydroxyl groups is 2. The van der Waals surface area contributed by atoms with E-state index in [1.165, 1.54) is 23.4 Å². The highest BCUT2D eigenvalue weighted by molar-refractivity contribution is 6.47. The third kappa shape index (κ3) is 3.97. The van der Waals surface area contributed by atoms with Crippen molar-refractivity contribution in [3.05, 3.63) is 52.7 Å². The van der Waals surface area contributed by atoms with E-state index in [1.54, 1.807) is 6.07 Å². The zero-order chi connectivity index (χ0) is 23.3. The van der Waals surface area contributed by atoms with Gasteiger partial charge >= 0.3 is 0 Å². The molecule has 3 N–H and O–H groups in total. The molecule has 5 rings (SSSR count). The van der Waals surface area contributed by atoms with Crippen LogP contribution >= 0.6 is 0 Å². The van der Waals surface area contributed by atoms with Crippen molar-refractivity contribution in [1.82, 2.24) is 14.9 Å². The van der Waals surface area contributed by atoms with Crippen molar-refractivity contribution in [3.63, 3.8) is 0 Å². The van der Waals surface area contributed by atoms with Gasteiger partial charge in [0.05, 0.1) is 48.6 Å². The van der Waals surface area contributed by atoms with Crippen LogP contribution in [-0.4, -0.2) is 67.7 Å². The van der Waals surface area contributed by atoms with Gasteiger partial charge in [0, 0.05) is 12.8 Å². The lowest BCUT2D eigenvalue weighted by Crippen LogP contribution is -2.38. The van der Waals surface area contributed by atoms with Gasteiger partial charge in [0.15, 0.2) is 0 Å². The van der Waals surface area contributed by atoms with Crippen LogP contribution in [0.2, 0.25) is 0 Å². The highest BCUT2D eigenvalue weighted by Crippen LogP contribution is 2.37. The second-order valence-corrected chi connectivity index (χ2v) is 8.96. The maximum absolute atomic E-state index is 14.5. The van der Waals surface area contributed by atoms with E-state index in [-0.39, 0.29) is 31.6 Å². The average molecular weight is 457 g/mol. The van der Waals surface area contributed by atoms with E-state index in [9.17, 15) is 23.8 Å². The summed E-state index contributed by atoms with van der Waals surface area (Å²) in [4.78, 5) is 27.9. The maximum Gasteiger partial charge on any atom is 0.273 e. The summed E-state index contributed by atoms with van der Waals surface area (Å²) in [7, 11) is 0. The van der Waals surface area contributed by atoms with Crippen molar-refractivity contribution in [2.45, 2.75) is 63.2 Å². The zero-order valence-electron chi connectivity index (χ0n) is 18.1. The molecule has 5 atom stereocenters. The van der Waals surface area contributed by atoms with Crippen LogP contribution in [0.25, 0.3) is 0 Å². The molecule has 0 radical (unpaired) electrons. The van der Waals surface area contributed by atoms with Crippen molar-refractivity contribution in [3.8, 4) is 0 Å². The van der Waals surface area contributed by atoms with Crippen LogP contribution in [0, 0.1) is 12.7 Å². The smallest absolute Gasteiger partial charge is 0.273 e. The number of carbonyl (C=O) groups excluding carboxylic acids is 1. The Bertz CT molecular complexity index is 1130. The monoisotopic (exact) mass is 457 g/mol. The van der Waals surface area contributed by atoms with Gasteiger partial charge in [0.25, 0.3) is 5.91 Å². The molecule has 0 bridgehead atoms. The van der Waals surface area contributed by atoms with Gasteiger partial charge in [0.1, 0.15) is 29.8 Å². The summed E-state index contributed by atoms with van der Waals surface area (Å²) in [6.07, 6.45) is -0.574. The number of aryl methyl sites for hydroxylation is 1. The normalized spacial score (nSPS) is 28.7. The Labute approximate surface area is 189 Å². The molecule has 2 fully saturated rings. The highest BCUT2D eigenvalue weighted by Gasteiger charge is 2.41. The van der Waals surface area contributed by atoms with E-state index in [0.717, 1.165) is 5.56 Å². The number of fused-ring (bicyclic) bond motifs is 1. The maximum atomic E-state index is 14.5. The minimum Gasteiger partial charge on any atom is -0.393 e. The Balaban J connectivity index is 1.45. The van der Waals surface area contributed by atoms with E-state index in [4.69, 9.17) is 0 Å². The molecular weight excluding hydrogens is 432 g/mol. The Morgan fingerprint density at radius 2 is 2.03 bits per heavy atom. The fraction of sp³-hybridized carbons (Fsp3) is 0.478. The summed E-state index contributed by atoms with van der Waals surface area (Å²) < 4.78 is 28.4. The molecule has 1 amide bonds. The molecule has 1 saturated carbocycles. The molecule has 1 aromatic heterocycles. The number of aliphatic hydroxyl groups excluding tert-OH is 2. The molecule has 3 aliphatic rings. The Kier molecular flexibility index (Phi) is 5.57. The van der Waals surface area contributed by atoms with Crippen LogP contribution in [0.3, 0.4) is 0 Å². The highest BCUT2D eigenvalue weighted by atomic mass is 19.1. The average Bonchev–Trinajstić information content (AvgIpc) is 3.46. The number of nitrogens with zero attached hydrogens (tertiary/aromatic N) is 4. The molecule has 1 aliphatic carbocycles. The van der Waals surface area contributed by atoms with Crippen molar-refractivity contribution >= 4 is 17.4 Å². The predicted octanol–water partition coefficient (Wildman–Crippen LogP) is 1.83. The fourth-order valence-corrected chi connectivity index (χ4v) is 5.04. The quantitative estimate of drug-likeness (QED) is 0.646. The molecular formula is C23H25F2N5O3. The van der Waals surface area contributed by atoms with Gasteiger partial charge < -0.3 is 20.4 Å². The molecule has 33 heavy (non-hydrogen) atoms. The van der Waals surface area contributed by atoms with Crippen LogP contribution in [0.15, 0.2) is 29.5 Å². The van der Waals surface area contributed by atoms with E-state index in [2.05, 4.69) is 20.3 Å². The lowest BCUT2D eigenvalue weighted by Gasteiger charge is -2.26. The molecule has 174 valence electrons. The summed E-state index contributed by atoms with van der Waals surface area (Å²) in [5, 5.41) is 23.2. The number of aromatic nitrogens is 2. The van der Waals surface area contributed by atoms with Crippen LogP contribution in [-0.2, 0) is 11.3 Å². The number of aliphatic imine (C=N–C) groups is 1. The summed E-state index contributed by atoms with van der Waals surface area (Å²) in [6.45, 7) is 1.88. The minimum absolute atomic E-state index is 0.0821. The lowest BCUT2D eigenvalue weighted by molar-refractivity contribution is -0.125. The van der Waals surface area contributed by atoms with Crippen LogP contribution < -0.4 is 5.32 Å². The molecule has 0 unspecified atom stereocenters. The Hall–Kier alpha value is -2.98. The SMILES string of the molecule is Cc1ccc(F)cc1[C@H]1C[C@H](F)CN1C(=O)C1=NCc2ncnc(N[C@H]3C[C@H](O)C[C@@H]3O)c21. The minimum atomic E-state index is -1.23. The summed E-state index contributed by atoms with van der Waals surface area (Å²) in [5.41, 5.74) is 2.45. The number of likely N-dealkylation sites (tertiary alicyclic amines) is 1. The number of hydrogen-bond donors (Lipinski definition) is 3. The number of nitrogens with one attached hydrogen (secondary N) is 1. The van der Waals surface area contributed by atoms with E-state index >= 15 is 0 Å². The second-order valence-electron chi connectivity index (χ2n) is 8.96. The molecule has 8 nitrogen and oxygen atoms in total. The van der Waals surface area contributed by atoms with Gasteiger partial charge in [-0.2, -0.15) is 0 Å². The molecule has 2 aliphatic heterocycles. The Morgan fingerprint density at radius 3 is 2.79 bits per heavy atom. The number of benzene rings is 1. The van der Waals surface area contributed by atoms with Crippen LogP contribution in [0.1, 0.15) is 47.7 Å². The number of alkyl halides is 1. The zero-order valence-corrected chi connectivity index (χ0v) is 18.1. The predicted molar refractivity (Wildman–Crippen MR) is 116 cm³/mol. The third-order valence-corrected chi connectivity index (χ3v) is 6.69. The largest absolute Gasteiger partial charge is 0.393 e. The summed E-state index contributed by atoms with van der Waals surface area (Å²) in [6, 6.07) is 3.28. The van der Waals surface area contributed by atoms with E-state index in [1.807, 2.05) is 6.92 Å². The topological polar surface area (TPSA) is 111 Å². The van der Waals surface area contributed by atoms with Crippen LogP contribution in [0.4, 0.5) is 14.6 Å². The van der Waals surface area contributed by atoms with Gasteiger partial charge in [-0.1, -0.05) is 6.07 Å². The number of amides is 1. The molecule has 1 saturated heterocycles. The number of hydrogen-bond acceptors (Lipinski definition) is 7. The standard InChI is InChI=1S/C23H25F2N5O3/c1-11-2-3-12(24)4-15(11)18-5-13(25)9-30(18)23(33)21-20-17(8-26-21)27-10-28-22(20)29-16-6-14(31)7-19(16)32/h2-4,10,13-14,16,18-19,31-32H,5-9H2,1H3,(H,27,28,29)/t13-,14-,16-,18+,19-/m0/s1. The number of halogens is 2. The van der Waals surface area contributed by atoms with Gasteiger partial charge in [-0.25, -0.2) is 18.7 Å². The number of carbonyl (C=O) groups is 1. The first-order valence-electron chi connectivity index (χ1n) is 11.0. The molecule has 0 spiro atoms. The summed E-state index contributed by atoms with van der Waals surface area (Å²) >= 11 is 0. The van der Waals surface area contributed by atoms with Crippen molar-refractivity contribution < 1.29 is 23.8 Å². The summed E-state index contributed by atoms with van der Waals surface area (Å²) in [5.74, 6) is -0.560. The molecule has 2 aromatic rings. The molecule has 3 heterocycles. The first-order chi connectivity index (χ1) is 15.8.